The van der Waals surface area contributed by atoms with Crippen LogP contribution in [0.15, 0.2) is 30.5 Å². The van der Waals surface area contributed by atoms with Gasteiger partial charge in [0.05, 0.1) is 0 Å². The summed E-state index contributed by atoms with van der Waals surface area (Å²) in [5.41, 5.74) is 2.11. The van der Waals surface area contributed by atoms with Crippen LogP contribution in [-0.2, 0) is 4.79 Å². The highest BCUT2D eigenvalue weighted by atomic mass is 16.4. The number of hydrogen-bond acceptors (Lipinski definition) is 2. The van der Waals surface area contributed by atoms with Crippen LogP contribution >= 0.6 is 0 Å². The van der Waals surface area contributed by atoms with Gasteiger partial charge in [0.25, 0.3) is 0 Å². The molecule has 3 N–H and O–H groups in total. The second-order valence-electron chi connectivity index (χ2n) is 3.46. The van der Waals surface area contributed by atoms with Gasteiger partial charge in [0.2, 0.25) is 0 Å². The minimum Gasteiger partial charge on any atom is -0.480 e. The van der Waals surface area contributed by atoms with Gasteiger partial charge in [-0.15, -0.1) is 0 Å². The Morgan fingerprint density at radius 3 is 2.53 bits per heavy atom. The molecule has 5 heteroatoms. The number of carboxylic acids is 1. The maximum atomic E-state index is 11.1. The van der Waals surface area contributed by atoms with E-state index in [-0.39, 0.29) is 0 Å². The van der Waals surface area contributed by atoms with Gasteiger partial charge >= 0.3 is 12.0 Å². The summed E-state index contributed by atoms with van der Waals surface area (Å²) in [5.74, 6) is -1.08. The smallest absolute Gasteiger partial charge is 0.323 e. The molecule has 90 valence electrons. The summed E-state index contributed by atoms with van der Waals surface area (Å²) in [6.45, 7) is 1.59. The zero-order valence-electron chi connectivity index (χ0n) is 9.43. The fraction of sp³-hybridized carbons (Fsp3) is 0.167. The number of carbonyl (C=O) groups is 2. The number of rotatable bonds is 4. The molecule has 0 saturated carbocycles. The lowest BCUT2D eigenvalue weighted by Gasteiger charge is -2.00. The first kappa shape index (κ1) is 12.8. The maximum absolute atomic E-state index is 11.1. The summed E-state index contributed by atoms with van der Waals surface area (Å²) < 4.78 is 0. The van der Waals surface area contributed by atoms with E-state index in [1.165, 1.54) is 6.20 Å². The Kier molecular flexibility index (Phi) is 4.75. The van der Waals surface area contributed by atoms with Crippen LogP contribution < -0.4 is 10.6 Å². The van der Waals surface area contributed by atoms with Crippen LogP contribution in [0, 0.1) is 6.92 Å². The van der Waals surface area contributed by atoms with Gasteiger partial charge in [0.15, 0.2) is 0 Å². The number of amides is 2. The predicted octanol–water partition coefficient (Wildman–Crippen LogP) is 1.35. The van der Waals surface area contributed by atoms with Gasteiger partial charge < -0.3 is 15.7 Å². The third-order valence-electron chi connectivity index (χ3n) is 1.97. The van der Waals surface area contributed by atoms with Crippen molar-refractivity contribution in [3.05, 3.63) is 41.6 Å². The Hall–Kier alpha value is -2.30. The van der Waals surface area contributed by atoms with E-state index in [4.69, 9.17) is 5.11 Å². The van der Waals surface area contributed by atoms with Crippen LogP contribution in [0.2, 0.25) is 0 Å². The Morgan fingerprint density at radius 1 is 1.29 bits per heavy atom. The van der Waals surface area contributed by atoms with Gasteiger partial charge in [-0.3, -0.25) is 4.79 Å². The van der Waals surface area contributed by atoms with Crippen LogP contribution in [0.3, 0.4) is 0 Å². The fourth-order valence-corrected chi connectivity index (χ4v) is 1.10. The molecule has 0 unspecified atom stereocenters. The molecule has 0 radical (unpaired) electrons. The SMILES string of the molecule is Cc1ccc(/C=C/NC(=O)NCC(=O)O)cc1. The average molecular weight is 234 g/mol. The predicted molar refractivity (Wildman–Crippen MR) is 64.4 cm³/mol. The van der Waals surface area contributed by atoms with Crippen LogP contribution in [0.4, 0.5) is 4.79 Å². The molecular formula is C12H14N2O3. The van der Waals surface area contributed by atoms with Crippen molar-refractivity contribution < 1.29 is 14.7 Å². The normalized spacial score (nSPS) is 10.2. The molecule has 0 spiro atoms. The van der Waals surface area contributed by atoms with Crippen molar-refractivity contribution >= 4 is 18.1 Å². The van der Waals surface area contributed by atoms with E-state index in [1.54, 1.807) is 6.08 Å². The molecule has 0 saturated heterocycles. The average Bonchev–Trinajstić information content (AvgIpc) is 2.29. The minimum atomic E-state index is -1.08. The lowest BCUT2D eigenvalue weighted by Crippen LogP contribution is -2.35. The van der Waals surface area contributed by atoms with Gasteiger partial charge in [0.1, 0.15) is 6.54 Å². The van der Waals surface area contributed by atoms with Crippen molar-refractivity contribution in [1.82, 2.24) is 10.6 Å². The van der Waals surface area contributed by atoms with E-state index in [1.807, 2.05) is 31.2 Å². The van der Waals surface area contributed by atoms with Gasteiger partial charge in [0, 0.05) is 6.20 Å². The zero-order chi connectivity index (χ0) is 12.7. The maximum Gasteiger partial charge on any atom is 0.323 e. The number of benzene rings is 1. The summed E-state index contributed by atoms with van der Waals surface area (Å²) in [6, 6.07) is 7.22. The summed E-state index contributed by atoms with van der Waals surface area (Å²) in [7, 11) is 0. The minimum absolute atomic E-state index is 0.399. The lowest BCUT2D eigenvalue weighted by molar-refractivity contribution is -0.135. The molecule has 2 amide bonds. The van der Waals surface area contributed by atoms with Crippen LogP contribution in [0.5, 0.6) is 0 Å². The molecule has 0 atom stereocenters. The van der Waals surface area contributed by atoms with Gasteiger partial charge in [-0.25, -0.2) is 4.79 Å². The summed E-state index contributed by atoms with van der Waals surface area (Å²) in [4.78, 5) is 21.2. The van der Waals surface area contributed by atoms with E-state index in [9.17, 15) is 9.59 Å². The standard InChI is InChI=1S/C12H14N2O3/c1-9-2-4-10(5-3-9)6-7-13-12(17)14-8-11(15)16/h2-7H,8H2,1H3,(H,15,16)(H2,13,14,17)/b7-6+. The molecule has 0 aliphatic heterocycles. The number of aryl methyl sites for hydroxylation is 1. The molecule has 1 aromatic rings. The van der Waals surface area contributed by atoms with Crippen LogP contribution in [0.1, 0.15) is 11.1 Å². The van der Waals surface area contributed by atoms with Crippen molar-refractivity contribution in [1.29, 1.82) is 0 Å². The van der Waals surface area contributed by atoms with Crippen molar-refractivity contribution in [3.63, 3.8) is 0 Å². The second-order valence-corrected chi connectivity index (χ2v) is 3.46. The van der Waals surface area contributed by atoms with E-state index in [0.717, 1.165) is 11.1 Å². The molecular weight excluding hydrogens is 220 g/mol. The molecule has 0 fully saturated rings. The highest BCUT2D eigenvalue weighted by Crippen LogP contribution is 2.03. The molecule has 0 bridgehead atoms. The lowest BCUT2D eigenvalue weighted by atomic mass is 10.1. The number of nitrogens with one attached hydrogen (secondary N) is 2. The second kappa shape index (κ2) is 6.32. The highest BCUT2D eigenvalue weighted by Gasteiger charge is 1.99. The fourth-order valence-electron chi connectivity index (χ4n) is 1.10. The number of aliphatic carboxylic acids is 1. The van der Waals surface area contributed by atoms with Gasteiger partial charge in [-0.1, -0.05) is 29.8 Å². The van der Waals surface area contributed by atoms with Crippen molar-refractivity contribution in [2.24, 2.45) is 0 Å². The molecule has 0 aliphatic carbocycles. The van der Waals surface area contributed by atoms with Gasteiger partial charge in [-0.05, 0) is 18.6 Å². The third-order valence-corrected chi connectivity index (χ3v) is 1.97. The van der Waals surface area contributed by atoms with Crippen molar-refractivity contribution in [3.8, 4) is 0 Å². The number of hydrogen-bond donors (Lipinski definition) is 3. The first-order valence-corrected chi connectivity index (χ1v) is 5.07. The van der Waals surface area contributed by atoms with E-state index in [0.29, 0.717) is 0 Å². The van der Waals surface area contributed by atoms with Crippen molar-refractivity contribution in [2.75, 3.05) is 6.54 Å². The number of carbonyl (C=O) groups excluding carboxylic acids is 1. The topological polar surface area (TPSA) is 78.4 Å². The molecule has 0 aliphatic rings. The Balaban J connectivity index is 2.37. The molecule has 5 nitrogen and oxygen atoms in total. The highest BCUT2D eigenvalue weighted by molar-refractivity contribution is 5.80. The Bertz CT molecular complexity index is 424. The molecule has 17 heavy (non-hydrogen) atoms. The zero-order valence-corrected chi connectivity index (χ0v) is 9.43. The summed E-state index contributed by atoms with van der Waals surface area (Å²) in [5, 5.41) is 12.9. The molecule has 0 heterocycles. The van der Waals surface area contributed by atoms with Crippen LogP contribution in [-0.4, -0.2) is 23.7 Å². The monoisotopic (exact) mass is 234 g/mol. The molecule has 0 aromatic heterocycles. The Labute approximate surface area is 99.1 Å². The summed E-state index contributed by atoms with van der Waals surface area (Å²) >= 11 is 0. The first-order chi connectivity index (χ1) is 8.08. The van der Waals surface area contributed by atoms with Gasteiger partial charge in [-0.2, -0.15) is 0 Å². The largest absolute Gasteiger partial charge is 0.480 e. The van der Waals surface area contributed by atoms with E-state index < -0.39 is 18.5 Å². The summed E-state index contributed by atoms with van der Waals surface area (Å²) in [6.07, 6.45) is 3.18. The van der Waals surface area contributed by atoms with E-state index >= 15 is 0 Å². The Morgan fingerprint density at radius 2 is 1.94 bits per heavy atom. The number of urea groups is 1. The van der Waals surface area contributed by atoms with E-state index in [2.05, 4.69) is 10.6 Å². The van der Waals surface area contributed by atoms with Crippen molar-refractivity contribution in [2.45, 2.75) is 6.92 Å². The quantitative estimate of drug-likeness (QED) is 0.735. The van der Waals surface area contributed by atoms with Crippen LogP contribution in [0.25, 0.3) is 6.08 Å². The number of carboxylic acid groups (broad SMARTS) is 1. The first-order valence-electron chi connectivity index (χ1n) is 5.07. The molecule has 1 rings (SSSR count). The third kappa shape index (κ3) is 5.36. The molecule has 1 aromatic carbocycles.